The first kappa shape index (κ1) is 9.17. The van der Waals surface area contributed by atoms with Gasteiger partial charge in [0.05, 0.1) is 0 Å². The molecule has 36 valence electrons. The van der Waals surface area contributed by atoms with E-state index in [0.29, 0.717) is 0 Å². The zero-order chi connectivity index (χ0) is 3.58. The summed E-state index contributed by atoms with van der Waals surface area (Å²) >= 11 is 0. The second-order valence-electron chi connectivity index (χ2n) is 1.15. The standard InChI is InChI=1S/C3H8N.Pt/c1-3(2)4;/h3-4H,1-2H3;/q-1;. The Morgan fingerprint density at radius 2 is 1.40 bits per heavy atom. The molecule has 0 aliphatic rings. The summed E-state index contributed by atoms with van der Waals surface area (Å²) in [5.41, 5.74) is 6.58. The fourth-order valence-electron chi connectivity index (χ4n) is 0. The summed E-state index contributed by atoms with van der Waals surface area (Å²) < 4.78 is 0. The van der Waals surface area contributed by atoms with Gasteiger partial charge in [0.2, 0.25) is 0 Å². The molecule has 0 amide bonds. The summed E-state index contributed by atoms with van der Waals surface area (Å²) in [7, 11) is 0. The van der Waals surface area contributed by atoms with Crippen molar-refractivity contribution >= 4 is 0 Å². The van der Waals surface area contributed by atoms with Gasteiger partial charge in [0, 0.05) is 21.1 Å². The third-order valence-electron chi connectivity index (χ3n) is 0. The molecule has 0 unspecified atom stereocenters. The van der Waals surface area contributed by atoms with Crippen LogP contribution in [0.4, 0.5) is 0 Å². The van der Waals surface area contributed by atoms with Gasteiger partial charge >= 0.3 is 0 Å². The molecule has 1 N–H and O–H groups in total. The molecule has 0 heterocycles. The van der Waals surface area contributed by atoms with Gasteiger partial charge in [0.15, 0.2) is 0 Å². The van der Waals surface area contributed by atoms with E-state index in [2.05, 4.69) is 0 Å². The van der Waals surface area contributed by atoms with Crippen LogP contribution in [0.5, 0.6) is 0 Å². The summed E-state index contributed by atoms with van der Waals surface area (Å²) in [6.07, 6.45) is 0. The molecule has 0 radical (unpaired) electrons. The zero-order valence-corrected chi connectivity index (χ0v) is 5.67. The molecule has 1 nitrogen and oxygen atoms in total. The predicted molar refractivity (Wildman–Crippen MR) is 19.5 cm³/mol. The summed E-state index contributed by atoms with van der Waals surface area (Å²) in [4.78, 5) is 0. The molecule has 0 atom stereocenters. The Bertz CT molecular complexity index is 11.6. The van der Waals surface area contributed by atoms with Crippen LogP contribution in [0.1, 0.15) is 13.8 Å². The second-order valence-corrected chi connectivity index (χ2v) is 1.15. The normalized spacial score (nSPS) is 7.20. The van der Waals surface area contributed by atoms with Crippen LogP contribution in [0.25, 0.3) is 5.73 Å². The quantitative estimate of drug-likeness (QED) is 0.624. The van der Waals surface area contributed by atoms with Crippen molar-refractivity contribution in [3.63, 3.8) is 0 Å². The van der Waals surface area contributed by atoms with Gasteiger partial charge in [-0.2, -0.15) is 0 Å². The van der Waals surface area contributed by atoms with E-state index in [4.69, 9.17) is 5.73 Å². The Kier molecular flexibility index (Phi) is 8.52. The maximum atomic E-state index is 6.58. The Labute approximate surface area is 47.2 Å². The van der Waals surface area contributed by atoms with Crippen molar-refractivity contribution in [1.82, 2.24) is 0 Å². The predicted octanol–water partition coefficient (Wildman–Crippen LogP) is 1.44. The molecule has 0 rings (SSSR count). The third kappa shape index (κ3) is 77.6. The van der Waals surface area contributed by atoms with Crippen LogP contribution >= 0.6 is 0 Å². The minimum Gasteiger partial charge on any atom is -0.675 e. The Hall–Kier alpha value is 0.648. The van der Waals surface area contributed by atoms with E-state index in [1.165, 1.54) is 0 Å². The SMILES string of the molecule is CC(C)[NH-].[Pt]. The number of rotatable bonds is 0. The van der Waals surface area contributed by atoms with Crippen molar-refractivity contribution < 1.29 is 21.1 Å². The average molecular weight is 253 g/mol. The fourth-order valence-corrected chi connectivity index (χ4v) is 0. The van der Waals surface area contributed by atoms with Crippen molar-refractivity contribution in [2.24, 2.45) is 0 Å². The topological polar surface area (TPSA) is 23.8 Å². The molecule has 0 aromatic heterocycles. The molecule has 0 aromatic rings. The number of nitrogens with one attached hydrogen (secondary N) is 1. The first-order valence-electron chi connectivity index (χ1n) is 1.44. The molecular weight excluding hydrogens is 245 g/mol. The maximum absolute atomic E-state index is 6.58. The van der Waals surface area contributed by atoms with Crippen LogP contribution in [0.15, 0.2) is 0 Å². The van der Waals surface area contributed by atoms with E-state index >= 15 is 0 Å². The molecular formula is C3H8NPt-. The van der Waals surface area contributed by atoms with Gasteiger partial charge in [-0.15, -0.1) is 6.04 Å². The number of hydrogen-bond acceptors (Lipinski definition) is 0. The van der Waals surface area contributed by atoms with Gasteiger partial charge in [-0.05, 0) is 0 Å². The molecule has 0 saturated heterocycles. The summed E-state index contributed by atoms with van der Waals surface area (Å²) in [6.45, 7) is 3.67. The Morgan fingerprint density at radius 3 is 1.40 bits per heavy atom. The smallest absolute Gasteiger partial charge is 0 e. The molecule has 0 bridgehead atoms. The van der Waals surface area contributed by atoms with Crippen molar-refractivity contribution in [1.29, 1.82) is 0 Å². The molecule has 0 aliphatic carbocycles. The minimum absolute atomic E-state index is 0. The van der Waals surface area contributed by atoms with Crippen molar-refractivity contribution in [3.8, 4) is 0 Å². The van der Waals surface area contributed by atoms with Crippen molar-refractivity contribution in [2.75, 3.05) is 0 Å². The summed E-state index contributed by atoms with van der Waals surface area (Å²) in [5.74, 6) is 0. The molecule has 2 heteroatoms. The molecule has 0 aliphatic heterocycles. The first-order valence-corrected chi connectivity index (χ1v) is 1.44. The fraction of sp³-hybridized carbons (Fsp3) is 1.00. The van der Waals surface area contributed by atoms with Crippen LogP contribution < -0.4 is 0 Å². The van der Waals surface area contributed by atoms with Crippen molar-refractivity contribution in [2.45, 2.75) is 19.9 Å². The van der Waals surface area contributed by atoms with Crippen LogP contribution in [0.2, 0.25) is 0 Å². The van der Waals surface area contributed by atoms with E-state index in [-0.39, 0.29) is 27.1 Å². The van der Waals surface area contributed by atoms with Crippen LogP contribution in [-0.4, -0.2) is 6.04 Å². The van der Waals surface area contributed by atoms with Crippen molar-refractivity contribution in [3.05, 3.63) is 5.73 Å². The Balaban J connectivity index is 0. The molecule has 0 spiro atoms. The van der Waals surface area contributed by atoms with E-state index in [9.17, 15) is 0 Å². The molecule has 0 saturated carbocycles. The molecule has 0 fully saturated rings. The largest absolute Gasteiger partial charge is 0.675 e. The van der Waals surface area contributed by atoms with Gasteiger partial charge in [0.1, 0.15) is 0 Å². The first-order chi connectivity index (χ1) is 1.73. The van der Waals surface area contributed by atoms with Gasteiger partial charge in [0.25, 0.3) is 0 Å². The monoisotopic (exact) mass is 253 g/mol. The average Bonchev–Trinajstić information content (AvgIpc) is 0.811. The summed E-state index contributed by atoms with van der Waals surface area (Å²) in [5, 5.41) is 0. The minimum atomic E-state index is 0. The van der Waals surface area contributed by atoms with E-state index < -0.39 is 0 Å². The van der Waals surface area contributed by atoms with Gasteiger partial charge < -0.3 is 5.73 Å². The van der Waals surface area contributed by atoms with Crippen LogP contribution in [-0.2, 0) is 21.1 Å². The zero-order valence-electron chi connectivity index (χ0n) is 3.39. The Morgan fingerprint density at radius 1 is 1.40 bits per heavy atom. The van der Waals surface area contributed by atoms with E-state index in [1.807, 2.05) is 13.8 Å². The molecule has 0 aromatic carbocycles. The maximum Gasteiger partial charge on any atom is 0 e. The number of hydrogen-bond donors (Lipinski definition) is 0. The second kappa shape index (κ2) is 4.65. The summed E-state index contributed by atoms with van der Waals surface area (Å²) in [6, 6.07) is 0.0833. The van der Waals surface area contributed by atoms with Gasteiger partial charge in [-0.25, -0.2) is 0 Å². The van der Waals surface area contributed by atoms with Gasteiger partial charge in [-0.1, -0.05) is 13.8 Å². The van der Waals surface area contributed by atoms with E-state index in [1.54, 1.807) is 0 Å². The van der Waals surface area contributed by atoms with Crippen LogP contribution in [0.3, 0.4) is 0 Å². The van der Waals surface area contributed by atoms with E-state index in [0.717, 1.165) is 0 Å². The van der Waals surface area contributed by atoms with Gasteiger partial charge in [-0.3, -0.25) is 0 Å². The molecule has 5 heavy (non-hydrogen) atoms. The third-order valence-corrected chi connectivity index (χ3v) is 0. The van der Waals surface area contributed by atoms with Crippen LogP contribution in [0, 0.1) is 0 Å².